The molecule has 60 heavy (non-hydrogen) atoms. The van der Waals surface area contributed by atoms with Crippen LogP contribution < -0.4 is 0 Å². The van der Waals surface area contributed by atoms with Gasteiger partial charge in [-0.1, -0.05) is 0 Å². The average molecular weight is 2090 g/mol. The van der Waals surface area contributed by atoms with E-state index in [4.69, 9.17) is 9.97 Å². The first-order chi connectivity index (χ1) is 28.1. The summed E-state index contributed by atoms with van der Waals surface area (Å²) in [6.07, 6.45) is 0. The van der Waals surface area contributed by atoms with Crippen LogP contribution >= 0.6 is 319 Å². The fraction of sp³-hybridized carbons (Fsp3) is 0. The van der Waals surface area contributed by atoms with E-state index < -0.39 is 0 Å². The third-order valence-electron chi connectivity index (χ3n) is 9.67. The zero-order valence-corrected chi connectivity index (χ0v) is 59.2. The van der Waals surface area contributed by atoms with Crippen LogP contribution in [0.4, 0.5) is 0 Å². The van der Waals surface area contributed by atoms with Gasteiger partial charge < -0.3 is 9.97 Å². The highest BCUT2D eigenvalue weighted by atomic mass is 79.9. The summed E-state index contributed by atoms with van der Waals surface area (Å²) in [5, 5.41) is 3.56. The van der Waals surface area contributed by atoms with E-state index in [2.05, 4.69) is 329 Å². The molecule has 2 aliphatic heterocycles. The second kappa shape index (κ2) is 18.1. The zero-order chi connectivity index (χ0) is 43.6. The maximum Gasteiger partial charge on any atom is 0.0893 e. The first-order valence-corrected chi connectivity index (χ1v) is 31.5. The van der Waals surface area contributed by atoms with E-state index in [-0.39, 0.29) is 0 Å². The number of hydrogen-bond donors (Lipinski definition) is 2. The van der Waals surface area contributed by atoms with Gasteiger partial charge in [0.2, 0.25) is 0 Å². The van der Waals surface area contributed by atoms with Gasteiger partial charge in [-0.25, -0.2) is 9.97 Å². The molecule has 0 amide bonds. The Bertz CT molecular complexity index is 3220. The number of aromatic nitrogens is 4. The molecule has 0 aliphatic carbocycles. The smallest absolute Gasteiger partial charge is 0.0893 e. The highest BCUT2D eigenvalue weighted by molar-refractivity contribution is 9.17. The summed E-state index contributed by atoms with van der Waals surface area (Å²) < 4.78 is 15.9. The van der Waals surface area contributed by atoms with Crippen LogP contribution in [0, 0.1) is 0 Å². The van der Waals surface area contributed by atoms with E-state index in [0.29, 0.717) is 36.2 Å². The van der Waals surface area contributed by atoms with Crippen molar-refractivity contribution in [3.63, 3.8) is 0 Å². The van der Waals surface area contributed by atoms with Gasteiger partial charge in [-0.3, -0.25) is 0 Å². The Balaban J connectivity index is 1.71. The van der Waals surface area contributed by atoms with Crippen LogP contribution in [0.1, 0.15) is 0 Å². The van der Waals surface area contributed by atoms with Gasteiger partial charge >= 0.3 is 0 Å². The van der Waals surface area contributed by atoms with Crippen molar-refractivity contribution in [3.05, 3.63) is 89.5 Å². The van der Waals surface area contributed by atoms with Crippen LogP contribution in [-0.2, 0) is 0 Å². The summed E-state index contributed by atoms with van der Waals surface area (Å²) in [7, 11) is 0. The molecule has 0 radical (unpaired) electrons. The van der Waals surface area contributed by atoms with Gasteiger partial charge in [0.05, 0.1) is 62.7 Å². The first kappa shape index (κ1) is 49.1. The van der Waals surface area contributed by atoms with Crippen LogP contribution in [0.3, 0.4) is 0 Å². The van der Waals surface area contributed by atoms with E-state index >= 15 is 0 Å². The van der Waals surface area contributed by atoms with Crippen molar-refractivity contribution in [2.24, 2.45) is 0 Å². The second-order valence-corrected chi connectivity index (χ2v) is 28.5. The van der Waals surface area contributed by atoms with Crippen molar-refractivity contribution < 1.29 is 0 Å². The topological polar surface area (TPSA) is 57.4 Å². The highest BCUT2D eigenvalue weighted by Gasteiger charge is 2.36. The van der Waals surface area contributed by atoms with E-state index in [1.165, 1.54) is 0 Å². The van der Waals surface area contributed by atoms with Crippen molar-refractivity contribution in [1.82, 2.24) is 19.9 Å². The SMILES string of the molecule is Brc1c2nc(c(Br)c3[nH]c(c(Br)c4[nH]c(c(Br)c5nc1-c1c(Br)c(Br)c(Br)c(Br)c1-5)c1c(Br)c(Br)c(Br)c(Br)c41)c1c(Br)c(Br)c(Br)c(Br)c31)-c1c(Br)c(Br)c(Br)c(Br)c1-2. The molecule has 9 rings (SSSR count). The van der Waals surface area contributed by atoms with Gasteiger partial charge in [-0.2, -0.15) is 0 Å². The molecule has 0 saturated carbocycles. The first-order valence-electron chi connectivity index (χ1n) is 15.7. The number of fused-ring (bicyclic) bond motifs is 20. The van der Waals surface area contributed by atoms with Gasteiger partial charge in [0.15, 0.2) is 0 Å². The zero-order valence-electron chi connectivity index (χ0n) is 27.5. The molecule has 0 atom stereocenters. The minimum absolute atomic E-state index is 0.648. The molecule has 3 aromatic heterocycles. The molecule has 4 nitrogen and oxygen atoms in total. The molecule has 306 valence electrons. The Morgan fingerprint density at radius 2 is 0.400 bits per heavy atom. The third kappa shape index (κ3) is 7.15. The van der Waals surface area contributed by atoms with Crippen LogP contribution in [0.15, 0.2) is 89.5 Å². The number of hydrogen-bond acceptors (Lipinski definition) is 2. The van der Waals surface area contributed by atoms with E-state index in [9.17, 15) is 0 Å². The van der Waals surface area contributed by atoms with Crippen LogP contribution in [0.25, 0.3) is 88.6 Å². The predicted molar refractivity (Wildman–Crippen MR) is 319 cm³/mol. The summed E-state index contributed by atoms with van der Waals surface area (Å²) in [4.78, 5) is 18.7. The Hall–Kier alpha value is 4.12. The van der Waals surface area contributed by atoms with E-state index in [1.54, 1.807) is 0 Å². The molecule has 7 aromatic rings. The lowest BCUT2D eigenvalue weighted by molar-refractivity contribution is 1.34. The minimum Gasteiger partial charge on any atom is -0.352 e. The molecular formula is C36H2Br20N4. The van der Waals surface area contributed by atoms with Crippen molar-refractivity contribution in [2.75, 3.05) is 0 Å². The lowest BCUT2D eigenvalue weighted by Crippen LogP contribution is -1.90. The lowest BCUT2D eigenvalue weighted by atomic mass is 10.0. The van der Waals surface area contributed by atoms with Gasteiger partial charge in [0.25, 0.3) is 0 Å². The Kier molecular flexibility index (Phi) is 14.8. The van der Waals surface area contributed by atoms with Crippen LogP contribution in [0.5, 0.6) is 0 Å². The van der Waals surface area contributed by atoms with Crippen molar-refractivity contribution in [1.29, 1.82) is 0 Å². The van der Waals surface area contributed by atoms with Crippen molar-refractivity contribution in [2.45, 2.75) is 0 Å². The fourth-order valence-corrected chi connectivity index (χ4v) is 19.4. The molecule has 24 heteroatoms. The third-order valence-corrected chi connectivity index (χ3v) is 31.8. The summed E-state index contributed by atoms with van der Waals surface area (Å²) in [5.41, 5.74) is 9.08. The Morgan fingerprint density at radius 1 is 0.200 bits per heavy atom. The Morgan fingerprint density at radius 3 is 0.650 bits per heavy atom. The number of aromatic amines is 2. The number of H-pyrrole nitrogens is 2. The van der Waals surface area contributed by atoms with Gasteiger partial charge in [0.1, 0.15) is 0 Å². The van der Waals surface area contributed by atoms with E-state index in [0.717, 1.165) is 142 Å². The van der Waals surface area contributed by atoms with Gasteiger partial charge in [-0.15, -0.1) is 0 Å². The largest absolute Gasteiger partial charge is 0.352 e. The van der Waals surface area contributed by atoms with Crippen molar-refractivity contribution in [3.8, 4) is 45.0 Å². The molecular weight excluding hydrogens is 2090 g/mol. The second-order valence-electron chi connectivity index (χ2n) is 12.6. The number of nitrogens with one attached hydrogen (secondary N) is 2. The molecule has 2 N–H and O–H groups in total. The summed E-state index contributed by atoms with van der Waals surface area (Å²) >= 11 is 78.8. The summed E-state index contributed by atoms with van der Waals surface area (Å²) in [6, 6.07) is 0. The minimum atomic E-state index is 0.648. The number of benzene rings is 4. The number of nitrogens with zero attached hydrogens (tertiary/aromatic N) is 2. The quantitative estimate of drug-likeness (QED) is 0.117. The fourth-order valence-electron chi connectivity index (χ4n) is 7.07. The lowest BCUT2D eigenvalue weighted by Gasteiger charge is -2.14. The Labute approximate surface area is 507 Å². The average Bonchev–Trinajstić information content (AvgIpc) is 4.03. The highest BCUT2D eigenvalue weighted by Crippen LogP contribution is 2.60. The molecule has 0 saturated heterocycles. The standard InChI is InChI=1S/C36H2Br20N4/c37-9-1-2(10(38)18(46)17(9)45)30-26(54)32-5-6(14(42)22(50)21(49)13(5)41)34(59-32)28(56)36-8-7(15(43)23(51)24(52)16(8)44)35(60-36)27(55)33-4-3(11(39)19(47)20(48)12(4)40)31(58-33)25(53)29(1)57-30/h57-58H. The monoisotopic (exact) mass is 2070 g/mol. The molecule has 0 spiro atoms. The molecule has 4 aromatic carbocycles. The number of rotatable bonds is 0. The van der Waals surface area contributed by atoms with E-state index in [1.807, 2.05) is 0 Å². The molecule has 0 unspecified atom stereocenters. The maximum absolute atomic E-state index is 5.50. The number of halogens is 20. The molecule has 8 bridgehead atoms. The molecule has 2 aliphatic rings. The van der Waals surface area contributed by atoms with Gasteiger partial charge in [-0.05, 0) is 319 Å². The van der Waals surface area contributed by atoms with Crippen LogP contribution in [0.2, 0.25) is 0 Å². The van der Waals surface area contributed by atoms with Crippen molar-refractivity contribution >= 4 is 362 Å². The normalized spacial score (nSPS) is 12.3. The van der Waals surface area contributed by atoms with Crippen LogP contribution in [-0.4, -0.2) is 19.9 Å². The molecule has 5 heterocycles. The maximum atomic E-state index is 5.50. The summed E-state index contributed by atoms with van der Waals surface area (Å²) in [6.45, 7) is 0. The molecule has 0 fully saturated rings. The summed E-state index contributed by atoms with van der Waals surface area (Å²) in [5.74, 6) is 0. The van der Waals surface area contributed by atoms with Gasteiger partial charge in [0, 0.05) is 115 Å². The predicted octanol–water partition coefficient (Wildman–Crippen LogP) is 24.5.